The zero-order valence-electron chi connectivity index (χ0n) is 13.4. The average molecular weight is 294 g/mol. The van der Waals surface area contributed by atoms with Crippen molar-refractivity contribution in [3.63, 3.8) is 0 Å². The number of hydrogen-bond donors (Lipinski definition) is 2. The fraction of sp³-hybridized carbons (Fsp3) is 0.562. The molecule has 0 heterocycles. The first-order valence-corrected chi connectivity index (χ1v) is 7.29. The Bertz CT molecular complexity index is 471. The average Bonchev–Trinajstić information content (AvgIpc) is 2.49. The van der Waals surface area contributed by atoms with Crippen molar-refractivity contribution in [2.45, 2.75) is 39.2 Å². The summed E-state index contributed by atoms with van der Waals surface area (Å²) in [5.74, 6) is 0.447. The lowest BCUT2D eigenvalue weighted by atomic mass is 9.93. The van der Waals surface area contributed by atoms with Gasteiger partial charge in [0.05, 0.1) is 17.8 Å². The van der Waals surface area contributed by atoms with Crippen molar-refractivity contribution in [1.29, 1.82) is 0 Å². The van der Waals surface area contributed by atoms with Crippen LogP contribution in [-0.4, -0.2) is 31.8 Å². The molecule has 1 rings (SSSR count). The molecule has 0 aromatic heterocycles. The zero-order valence-corrected chi connectivity index (χ0v) is 13.4. The van der Waals surface area contributed by atoms with Gasteiger partial charge in [0.2, 0.25) is 5.91 Å². The Balaban J connectivity index is 2.89. The SMILES string of the molecule is CCC(N)(CC)C(=O)Nc1ccc(C)cc1OCCOC. The number of aryl methyl sites for hydroxylation is 1. The van der Waals surface area contributed by atoms with Gasteiger partial charge in [-0.1, -0.05) is 19.9 Å². The van der Waals surface area contributed by atoms with E-state index in [1.165, 1.54) is 0 Å². The van der Waals surface area contributed by atoms with E-state index >= 15 is 0 Å². The minimum absolute atomic E-state index is 0.187. The molecule has 5 nitrogen and oxygen atoms in total. The van der Waals surface area contributed by atoms with Gasteiger partial charge in [-0.2, -0.15) is 0 Å². The van der Waals surface area contributed by atoms with Crippen molar-refractivity contribution in [2.24, 2.45) is 5.73 Å². The number of anilines is 1. The van der Waals surface area contributed by atoms with Crippen molar-refractivity contribution < 1.29 is 14.3 Å². The number of nitrogens with two attached hydrogens (primary N) is 1. The highest BCUT2D eigenvalue weighted by atomic mass is 16.5. The lowest BCUT2D eigenvalue weighted by molar-refractivity contribution is -0.121. The molecule has 0 radical (unpaired) electrons. The Morgan fingerprint density at radius 2 is 1.95 bits per heavy atom. The Kier molecular flexibility index (Phi) is 6.65. The second kappa shape index (κ2) is 8.00. The second-order valence-corrected chi connectivity index (χ2v) is 5.16. The van der Waals surface area contributed by atoms with E-state index in [1.807, 2.05) is 39.0 Å². The van der Waals surface area contributed by atoms with Crippen LogP contribution < -0.4 is 15.8 Å². The predicted octanol–water partition coefficient (Wildman–Crippen LogP) is 2.48. The Morgan fingerprint density at radius 3 is 2.52 bits per heavy atom. The van der Waals surface area contributed by atoms with Gasteiger partial charge in [-0.15, -0.1) is 0 Å². The fourth-order valence-corrected chi connectivity index (χ4v) is 1.91. The van der Waals surface area contributed by atoms with Crippen molar-refractivity contribution in [3.05, 3.63) is 23.8 Å². The quantitative estimate of drug-likeness (QED) is 0.722. The number of nitrogens with one attached hydrogen (secondary N) is 1. The molecule has 0 aliphatic rings. The van der Waals surface area contributed by atoms with Crippen molar-refractivity contribution in [2.75, 3.05) is 25.6 Å². The highest BCUT2D eigenvalue weighted by Crippen LogP contribution is 2.27. The molecule has 1 aromatic carbocycles. The third kappa shape index (κ3) is 4.72. The molecule has 3 N–H and O–H groups in total. The Morgan fingerprint density at radius 1 is 1.29 bits per heavy atom. The molecule has 0 atom stereocenters. The van der Waals surface area contributed by atoms with E-state index in [9.17, 15) is 4.79 Å². The molecule has 0 aliphatic carbocycles. The van der Waals surface area contributed by atoms with E-state index in [-0.39, 0.29) is 5.91 Å². The van der Waals surface area contributed by atoms with Crippen molar-refractivity contribution >= 4 is 11.6 Å². The van der Waals surface area contributed by atoms with Crippen LogP contribution in [0.2, 0.25) is 0 Å². The molecule has 0 unspecified atom stereocenters. The van der Waals surface area contributed by atoms with Crippen LogP contribution in [0.1, 0.15) is 32.3 Å². The van der Waals surface area contributed by atoms with Crippen LogP contribution in [0.5, 0.6) is 5.75 Å². The molecule has 0 aliphatic heterocycles. The van der Waals surface area contributed by atoms with Gasteiger partial charge in [-0.3, -0.25) is 4.79 Å². The number of carbonyl (C=O) groups excluding carboxylic acids is 1. The van der Waals surface area contributed by atoms with Gasteiger partial charge in [0, 0.05) is 7.11 Å². The summed E-state index contributed by atoms with van der Waals surface area (Å²) in [4.78, 5) is 12.3. The molecule has 0 saturated carbocycles. The molecular weight excluding hydrogens is 268 g/mol. The standard InChI is InChI=1S/C16H26N2O3/c1-5-16(17,6-2)15(19)18-13-8-7-12(3)11-14(13)21-10-9-20-4/h7-8,11H,5-6,9-10,17H2,1-4H3,(H,18,19). The number of carbonyl (C=O) groups is 1. The summed E-state index contributed by atoms with van der Waals surface area (Å²) in [6.07, 6.45) is 1.17. The summed E-state index contributed by atoms with van der Waals surface area (Å²) in [6.45, 7) is 6.72. The fourth-order valence-electron chi connectivity index (χ4n) is 1.91. The van der Waals surface area contributed by atoms with E-state index in [0.717, 1.165) is 5.56 Å². The summed E-state index contributed by atoms with van der Waals surface area (Å²) in [6, 6.07) is 5.65. The Labute approximate surface area is 126 Å². The van der Waals surface area contributed by atoms with Crippen LogP contribution in [0, 0.1) is 6.92 Å². The van der Waals surface area contributed by atoms with Gasteiger partial charge < -0.3 is 20.5 Å². The van der Waals surface area contributed by atoms with E-state index in [1.54, 1.807) is 7.11 Å². The van der Waals surface area contributed by atoms with E-state index < -0.39 is 5.54 Å². The monoisotopic (exact) mass is 294 g/mol. The smallest absolute Gasteiger partial charge is 0.244 e. The highest BCUT2D eigenvalue weighted by molar-refractivity contribution is 5.99. The van der Waals surface area contributed by atoms with E-state index in [2.05, 4.69) is 5.32 Å². The van der Waals surface area contributed by atoms with E-state index in [4.69, 9.17) is 15.2 Å². The zero-order chi connectivity index (χ0) is 15.9. The van der Waals surface area contributed by atoms with Crippen molar-refractivity contribution in [1.82, 2.24) is 0 Å². The summed E-state index contributed by atoms with van der Waals surface area (Å²) in [7, 11) is 1.62. The topological polar surface area (TPSA) is 73.6 Å². The highest BCUT2D eigenvalue weighted by Gasteiger charge is 2.30. The van der Waals surface area contributed by atoms with Gasteiger partial charge in [0.25, 0.3) is 0 Å². The van der Waals surface area contributed by atoms with Crippen LogP contribution in [0.25, 0.3) is 0 Å². The summed E-state index contributed by atoms with van der Waals surface area (Å²) in [5.41, 5.74) is 6.96. The minimum atomic E-state index is -0.852. The molecule has 21 heavy (non-hydrogen) atoms. The van der Waals surface area contributed by atoms with Gasteiger partial charge in [0.15, 0.2) is 0 Å². The molecule has 0 saturated heterocycles. The molecule has 1 amide bonds. The van der Waals surface area contributed by atoms with Crippen LogP contribution in [-0.2, 0) is 9.53 Å². The molecule has 1 aromatic rings. The third-order valence-electron chi connectivity index (χ3n) is 3.64. The number of rotatable bonds is 8. The number of methoxy groups -OCH3 is 1. The van der Waals surface area contributed by atoms with Crippen LogP contribution in [0.4, 0.5) is 5.69 Å². The maximum Gasteiger partial charge on any atom is 0.244 e. The predicted molar refractivity (Wildman–Crippen MR) is 84.7 cm³/mol. The maximum atomic E-state index is 12.3. The van der Waals surface area contributed by atoms with Gasteiger partial charge in [0.1, 0.15) is 12.4 Å². The van der Waals surface area contributed by atoms with Crippen LogP contribution in [0.15, 0.2) is 18.2 Å². The largest absolute Gasteiger partial charge is 0.489 e. The molecule has 0 spiro atoms. The molecule has 0 bridgehead atoms. The van der Waals surface area contributed by atoms with Gasteiger partial charge in [-0.05, 0) is 37.5 Å². The lowest BCUT2D eigenvalue weighted by Gasteiger charge is -2.25. The summed E-state index contributed by atoms with van der Waals surface area (Å²) < 4.78 is 10.6. The second-order valence-electron chi connectivity index (χ2n) is 5.16. The third-order valence-corrected chi connectivity index (χ3v) is 3.64. The van der Waals surface area contributed by atoms with E-state index in [0.29, 0.717) is 37.5 Å². The molecule has 0 fully saturated rings. The number of ether oxygens (including phenoxy) is 2. The Hall–Kier alpha value is -1.59. The van der Waals surface area contributed by atoms with Crippen LogP contribution >= 0.6 is 0 Å². The number of hydrogen-bond acceptors (Lipinski definition) is 4. The maximum absolute atomic E-state index is 12.3. The van der Waals surface area contributed by atoms with Gasteiger partial charge in [-0.25, -0.2) is 0 Å². The summed E-state index contributed by atoms with van der Waals surface area (Å²) in [5, 5.41) is 2.88. The number of benzene rings is 1. The van der Waals surface area contributed by atoms with Crippen molar-refractivity contribution in [3.8, 4) is 5.75 Å². The first-order valence-electron chi connectivity index (χ1n) is 7.29. The van der Waals surface area contributed by atoms with Crippen LogP contribution in [0.3, 0.4) is 0 Å². The first kappa shape index (κ1) is 17.5. The van der Waals surface area contributed by atoms with Gasteiger partial charge >= 0.3 is 0 Å². The molecule has 5 heteroatoms. The lowest BCUT2D eigenvalue weighted by Crippen LogP contribution is -2.50. The first-order chi connectivity index (χ1) is 9.96. The summed E-state index contributed by atoms with van der Waals surface area (Å²) >= 11 is 0. The minimum Gasteiger partial charge on any atom is -0.489 e. The number of amides is 1. The molecule has 118 valence electrons. The molecular formula is C16H26N2O3. The normalized spacial score (nSPS) is 11.3.